The highest BCUT2D eigenvalue weighted by Gasteiger charge is 2.24. The number of hydrogen-bond donors (Lipinski definition) is 4. The van der Waals surface area contributed by atoms with E-state index in [4.69, 9.17) is 5.73 Å². The number of urea groups is 1. The first-order chi connectivity index (χ1) is 11.5. The molecular weight excluding hydrogens is 306 g/mol. The minimum Gasteiger partial charge on any atom is -0.387 e. The van der Waals surface area contributed by atoms with Crippen LogP contribution in [0.25, 0.3) is 0 Å². The van der Waals surface area contributed by atoms with Crippen molar-refractivity contribution < 1.29 is 14.7 Å². The van der Waals surface area contributed by atoms with Crippen LogP contribution in [0, 0.1) is 18.8 Å². The van der Waals surface area contributed by atoms with E-state index in [1.807, 2.05) is 31.2 Å². The lowest BCUT2D eigenvalue weighted by Gasteiger charge is -2.26. The van der Waals surface area contributed by atoms with E-state index in [1.165, 1.54) is 0 Å². The third-order valence-corrected chi connectivity index (χ3v) is 4.72. The van der Waals surface area contributed by atoms with Crippen LogP contribution in [0.3, 0.4) is 0 Å². The Morgan fingerprint density at radius 2 is 1.79 bits per heavy atom. The number of amides is 3. The molecule has 1 aromatic rings. The lowest BCUT2D eigenvalue weighted by atomic mass is 9.82. The number of carbonyl (C=O) groups excluding carboxylic acids is 2. The highest BCUT2D eigenvalue weighted by atomic mass is 16.3. The molecule has 6 nitrogen and oxygen atoms in total. The number of primary amides is 1. The molecule has 0 radical (unpaired) electrons. The van der Waals surface area contributed by atoms with Crippen LogP contribution in [-0.4, -0.2) is 30.1 Å². The quantitative estimate of drug-likeness (QED) is 0.636. The normalized spacial score (nSPS) is 21.8. The van der Waals surface area contributed by atoms with Gasteiger partial charge in [-0.3, -0.25) is 4.79 Å². The molecule has 0 unspecified atom stereocenters. The molecule has 24 heavy (non-hydrogen) atoms. The number of carbonyl (C=O) groups is 2. The fraction of sp³-hybridized carbons (Fsp3) is 0.556. The minimum atomic E-state index is -0.720. The van der Waals surface area contributed by atoms with Gasteiger partial charge in [0.2, 0.25) is 5.91 Å². The van der Waals surface area contributed by atoms with Crippen molar-refractivity contribution in [1.29, 1.82) is 0 Å². The highest BCUT2D eigenvalue weighted by molar-refractivity contribution is 5.76. The van der Waals surface area contributed by atoms with Crippen LogP contribution in [0.2, 0.25) is 0 Å². The highest BCUT2D eigenvalue weighted by Crippen LogP contribution is 2.27. The molecular formula is C18H27N3O3. The van der Waals surface area contributed by atoms with Gasteiger partial charge < -0.3 is 21.5 Å². The second-order valence-corrected chi connectivity index (χ2v) is 6.64. The average molecular weight is 333 g/mol. The van der Waals surface area contributed by atoms with Crippen molar-refractivity contribution >= 4 is 11.9 Å². The fourth-order valence-corrected chi connectivity index (χ4v) is 3.05. The van der Waals surface area contributed by atoms with Crippen LogP contribution in [0.5, 0.6) is 0 Å². The SMILES string of the molecule is Cc1ccc([C@@H](O)CNC(=O)NCC2CCC(C(N)=O)CC2)cc1. The maximum atomic E-state index is 11.8. The molecule has 0 bridgehead atoms. The monoisotopic (exact) mass is 333 g/mol. The van der Waals surface area contributed by atoms with Gasteiger partial charge in [-0.05, 0) is 44.1 Å². The second-order valence-electron chi connectivity index (χ2n) is 6.64. The number of benzene rings is 1. The van der Waals surface area contributed by atoms with Crippen molar-refractivity contribution in [1.82, 2.24) is 10.6 Å². The average Bonchev–Trinajstić information content (AvgIpc) is 2.58. The summed E-state index contributed by atoms with van der Waals surface area (Å²) in [6, 6.07) is 7.30. The maximum Gasteiger partial charge on any atom is 0.314 e. The van der Waals surface area contributed by atoms with Gasteiger partial charge in [0.15, 0.2) is 0 Å². The molecule has 0 aromatic heterocycles. The first-order valence-corrected chi connectivity index (χ1v) is 8.51. The number of aliphatic hydroxyl groups is 1. The molecule has 0 spiro atoms. The van der Waals surface area contributed by atoms with Gasteiger partial charge in [0, 0.05) is 19.0 Å². The lowest BCUT2D eigenvalue weighted by Crippen LogP contribution is -2.41. The predicted octanol–water partition coefficient (Wildman–Crippen LogP) is 1.62. The zero-order chi connectivity index (χ0) is 17.5. The Morgan fingerprint density at radius 1 is 1.17 bits per heavy atom. The van der Waals surface area contributed by atoms with Gasteiger partial charge in [-0.1, -0.05) is 29.8 Å². The zero-order valence-electron chi connectivity index (χ0n) is 14.1. The van der Waals surface area contributed by atoms with Crippen molar-refractivity contribution in [2.24, 2.45) is 17.6 Å². The van der Waals surface area contributed by atoms with Crippen molar-refractivity contribution in [2.75, 3.05) is 13.1 Å². The molecule has 132 valence electrons. The largest absolute Gasteiger partial charge is 0.387 e. The van der Waals surface area contributed by atoms with Gasteiger partial charge in [0.05, 0.1) is 6.10 Å². The molecule has 6 heteroatoms. The summed E-state index contributed by atoms with van der Waals surface area (Å²) in [5.74, 6) is 0.150. The summed E-state index contributed by atoms with van der Waals surface area (Å²) in [4.78, 5) is 23.0. The van der Waals surface area contributed by atoms with E-state index in [0.29, 0.717) is 12.5 Å². The van der Waals surface area contributed by atoms with Crippen LogP contribution in [0.4, 0.5) is 4.79 Å². The number of aryl methyl sites for hydroxylation is 1. The molecule has 1 aliphatic rings. The molecule has 1 aliphatic carbocycles. The molecule has 1 fully saturated rings. The number of aliphatic hydroxyl groups excluding tert-OH is 1. The van der Waals surface area contributed by atoms with Gasteiger partial charge >= 0.3 is 6.03 Å². The van der Waals surface area contributed by atoms with Crippen LogP contribution in [0.15, 0.2) is 24.3 Å². The summed E-state index contributed by atoms with van der Waals surface area (Å²) in [7, 11) is 0. The van der Waals surface area contributed by atoms with E-state index >= 15 is 0 Å². The number of hydrogen-bond acceptors (Lipinski definition) is 3. The summed E-state index contributed by atoms with van der Waals surface area (Å²) in [6.07, 6.45) is 2.69. The van der Waals surface area contributed by atoms with E-state index in [0.717, 1.165) is 36.8 Å². The summed E-state index contributed by atoms with van der Waals surface area (Å²) in [5, 5.41) is 15.6. The zero-order valence-corrected chi connectivity index (χ0v) is 14.1. The summed E-state index contributed by atoms with van der Waals surface area (Å²) in [5.41, 5.74) is 7.23. The summed E-state index contributed by atoms with van der Waals surface area (Å²) >= 11 is 0. The Labute approximate surface area is 142 Å². The smallest absolute Gasteiger partial charge is 0.314 e. The van der Waals surface area contributed by atoms with Crippen molar-refractivity contribution in [3.05, 3.63) is 35.4 Å². The first kappa shape index (κ1) is 18.3. The molecule has 3 amide bonds. The molecule has 1 saturated carbocycles. The number of rotatable bonds is 6. The number of nitrogens with two attached hydrogens (primary N) is 1. The molecule has 5 N–H and O–H groups in total. The van der Waals surface area contributed by atoms with Gasteiger partial charge in [-0.25, -0.2) is 4.79 Å². The Hall–Kier alpha value is -2.08. The topological polar surface area (TPSA) is 104 Å². The molecule has 1 atom stereocenters. The molecule has 1 aromatic carbocycles. The fourth-order valence-electron chi connectivity index (χ4n) is 3.05. The predicted molar refractivity (Wildman–Crippen MR) is 92.2 cm³/mol. The van der Waals surface area contributed by atoms with Gasteiger partial charge in [-0.2, -0.15) is 0 Å². The molecule has 0 heterocycles. The Bertz CT molecular complexity index is 551. The number of nitrogens with one attached hydrogen (secondary N) is 2. The van der Waals surface area contributed by atoms with Crippen LogP contribution < -0.4 is 16.4 Å². The van der Waals surface area contributed by atoms with Crippen molar-refractivity contribution in [2.45, 2.75) is 38.7 Å². The molecule has 0 aliphatic heterocycles. The molecule has 0 saturated heterocycles. The third kappa shape index (κ3) is 5.53. The van der Waals surface area contributed by atoms with E-state index in [2.05, 4.69) is 10.6 Å². The third-order valence-electron chi connectivity index (χ3n) is 4.72. The van der Waals surface area contributed by atoms with Gasteiger partial charge in [0.1, 0.15) is 0 Å². The Kier molecular flexibility index (Phi) is 6.61. The van der Waals surface area contributed by atoms with E-state index in [1.54, 1.807) is 0 Å². The van der Waals surface area contributed by atoms with Crippen molar-refractivity contribution in [3.8, 4) is 0 Å². The first-order valence-electron chi connectivity index (χ1n) is 8.51. The van der Waals surface area contributed by atoms with Crippen LogP contribution >= 0.6 is 0 Å². The van der Waals surface area contributed by atoms with Crippen LogP contribution in [-0.2, 0) is 4.79 Å². The standard InChI is InChI=1S/C18H27N3O3/c1-12-2-6-14(7-3-12)16(22)11-21-18(24)20-10-13-4-8-15(9-5-13)17(19)23/h2-3,6-7,13,15-16,22H,4-5,8-11H2,1H3,(H2,19,23)(H2,20,21,24)/t13?,15?,16-/m0/s1. The van der Waals surface area contributed by atoms with E-state index in [-0.39, 0.29) is 24.4 Å². The maximum absolute atomic E-state index is 11.8. The minimum absolute atomic E-state index is 0.0141. The van der Waals surface area contributed by atoms with Crippen LogP contribution in [0.1, 0.15) is 42.9 Å². The summed E-state index contributed by atoms with van der Waals surface area (Å²) < 4.78 is 0. The van der Waals surface area contributed by atoms with Crippen molar-refractivity contribution in [3.63, 3.8) is 0 Å². The Balaban J connectivity index is 1.65. The second kappa shape index (κ2) is 8.68. The van der Waals surface area contributed by atoms with E-state index < -0.39 is 6.10 Å². The lowest BCUT2D eigenvalue weighted by molar-refractivity contribution is -0.122. The van der Waals surface area contributed by atoms with Gasteiger partial charge in [-0.15, -0.1) is 0 Å². The van der Waals surface area contributed by atoms with E-state index in [9.17, 15) is 14.7 Å². The molecule has 2 rings (SSSR count). The Morgan fingerprint density at radius 3 is 2.38 bits per heavy atom. The summed E-state index contributed by atoms with van der Waals surface area (Å²) in [6.45, 7) is 2.74. The van der Waals surface area contributed by atoms with Gasteiger partial charge in [0.25, 0.3) is 0 Å².